The predicted octanol–water partition coefficient (Wildman–Crippen LogP) is -6.28. The molecule has 0 saturated heterocycles. The maximum Gasteiger partial charge on any atom is 0.189 e. The van der Waals surface area contributed by atoms with E-state index < -0.39 is 20.8 Å². The Labute approximate surface area is 167 Å². The molecule has 172 valence electrons. The molecule has 0 radical (unpaired) electrons. The van der Waals surface area contributed by atoms with E-state index in [0.717, 1.165) is 22.7 Å². The molecule has 29 heavy (non-hydrogen) atoms. The van der Waals surface area contributed by atoms with E-state index in [1.54, 1.807) is 0 Å². The Bertz CT molecular complexity index is 745. The smallest absolute Gasteiger partial charge is 0.189 e. The molecule has 0 saturated carbocycles. The fourth-order valence-corrected chi connectivity index (χ4v) is 1.11. The average Bonchev–Trinajstić information content (AvgIpc) is 2.43. The van der Waals surface area contributed by atoms with Crippen molar-refractivity contribution in [2.45, 2.75) is 0 Å². The van der Waals surface area contributed by atoms with Crippen molar-refractivity contribution in [1.82, 2.24) is 0 Å². The zero-order valence-electron chi connectivity index (χ0n) is 15.0. The Morgan fingerprint density at radius 2 is 0.586 bits per heavy atom. The van der Waals surface area contributed by atoms with Crippen LogP contribution in [0.15, 0.2) is 48.5 Å². The lowest BCUT2D eigenvalue weighted by Crippen LogP contribution is -2.49. The van der Waals surface area contributed by atoms with Crippen LogP contribution in [0.2, 0.25) is 0 Å². The topological polar surface area (TPSA) is 366 Å². The lowest BCUT2D eigenvalue weighted by molar-refractivity contribution is -0.299. The lowest BCUT2D eigenvalue weighted by atomic mass is 10.3. The predicted molar refractivity (Wildman–Crippen MR) is 94.9 cm³/mol. The van der Waals surface area contributed by atoms with Crippen LogP contribution < -0.4 is 22.9 Å². The minimum atomic E-state index is -5.17. The normalized spacial score (nSPS) is 9.10. The molecule has 17 heteroatoms. The third-order valence-corrected chi connectivity index (χ3v) is 2.24. The third-order valence-electron chi connectivity index (χ3n) is 2.24. The van der Waals surface area contributed by atoms with Crippen molar-refractivity contribution in [2.75, 3.05) is 0 Å². The van der Waals surface area contributed by atoms with Crippen molar-refractivity contribution in [3.8, 4) is 0 Å². The largest absolute Gasteiger partial charge is 0.759 e. The van der Waals surface area contributed by atoms with Gasteiger partial charge in [-0.2, -0.15) is 0 Å². The van der Waals surface area contributed by atoms with Crippen LogP contribution >= 0.6 is 0 Å². The van der Waals surface area contributed by atoms with E-state index in [9.17, 15) is 0 Å². The average molecular weight is 466 g/mol. The Morgan fingerprint density at radius 1 is 0.483 bits per heavy atom. The van der Waals surface area contributed by atoms with Crippen molar-refractivity contribution in [2.24, 2.45) is 0 Å². The van der Waals surface area contributed by atoms with Crippen molar-refractivity contribution >= 4 is 43.5 Å². The van der Waals surface area contributed by atoms with Crippen LogP contribution in [-0.2, 0) is 20.8 Å². The minimum Gasteiger partial charge on any atom is -0.759 e. The Hall–Kier alpha value is -2.10. The van der Waals surface area contributed by atoms with Crippen LogP contribution in [0.5, 0.6) is 0 Å². The first-order chi connectivity index (χ1) is 11.6. The quantitative estimate of drug-likeness (QED) is 0.213. The second kappa shape index (κ2) is 18.0. The molecular formula is C12H26N4O11S2. The first-order valence-corrected chi connectivity index (χ1v) is 9.07. The van der Waals surface area contributed by atoms with Gasteiger partial charge in [-0.3, -0.25) is 16.8 Å². The van der Waals surface area contributed by atoms with E-state index >= 15 is 0 Å². The van der Waals surface area contributed by atoms with E-state index in [4.69, 9.17) is 35.0 Å². The van der Waals surface area contributed by atoms with Gasteiger partial charge >= 0.3 is 0 Å². The zero-order chi connectivity index (χ0) is 21.0. The molecule has 0 aromatic heterocycles. The van der Waals surface area contributed by atoms with Gasteiger partial charge in [-0.05, 0) is 0 Å². The SMILES string of the molecule is O.O.O.O=S(=O)([O-])[O-].O=S(=O)([O-])[O-].[NH3+]c1ccccc1[NH3+].[NH3+]c1ccccc1[NH3+]. The lowest BCUT2D eigenvalue weighted by Gasteiger charge is -2.06. The van der Waals surface area contributed by atoms with Crippen LogP contribution in [0.25, 0.3) is 0 Å². The maximum absolute atomic E-state index is 8.52. The highest BCUT2D eigenvalue weighted by Gasteiger charge is 1.95. The van der Waals surface area contributed by atoms with Gasteiger partial charge in [0.1, 0.15) is 0 Å². The molecule has 15 nitrogen and oxygen atoms in total. The van der Waals surface area contributed by atoms with Gasteiger partial charge in [0, 0.05) is 45.1 Å². The van der Waals surface area contributed by atoms with Crippen molar-refractivity contribution in [1.29, 1.82) is 0 Å². The summed E-state index contributed by atoms with van der Waals surface area (Å²) < 4.78 is 68.2. The number of quaternary nitrogens is 4. The zero-order valence-corrected chi connectivity index (χ0v) is 16.7. The van der Waals surface area contributed by atoms with E-state index in [1.165, 1.54) is 0 Å². The number of benzene rings is 2. The van der Waals surface area contributed by atoms with E-state index in [1.807, 2.05) is 48.5 Å². The minimum absolute atomic E-state index is 0. The van der Waals surface area contributed by atoms with Gasteiger partial charge < -0.3 is 57.6 Å². The van der Waals surface area contributed by atoms with E-state index in [0.29, 0.717) is 0 Å². The van der Waals surface area contributed by atoms with Gasteiger partial charge in [0.15, 0.2) is 22.7 Å². The van der Waals surface area contributed by atoms with Gasteiger partial charge in [0.2, 0.25) is 0 Å². The highest BCUT2D eigenvalue weighted by atomic mass is 32.3. The van der Waals surface area contributed by atoms with Crippen LogP contribution in [0.4, 0.5) is 22.7 Å². The molecule has 2 aromatic rings. The first-order valence-electron chi connectivity index (χ1n) is 6.40. The van der Waals surface area contributed by atoms with Gasteiger partial charge in [-0.25, -0.2) is 0 Å². The summed E-state index contributed by atoms with van der Waals surface area (Å²) in [7, 11) is -10.3. The highest BCUT2D eigenvalue weighted by Crippen LogP contribution is 2.06. The molecule has 0 amide bonds. The Morgan fingerprint density at radius 3 is 0.655 bits per heavy atom. The molecule has 18 N–H and O–H groups in total. The maximum atomic E-state index is 8.52. The molecule has 2 rings (SSSR count). The summed E-state index contributed by atoms with van der Waals surface area (Å²) in [5.41, 5.74) is 19.1. The Kier molecular flexibility index (Phi) is 23.3. The van der Waals surface area contributed by atoms with Gasteiger partial charge in [0.25, 0.3) is 0 Å². The fourth-order valence-electron chi connectivity index (χ4n) is 1.11. The third kappa shape index (κ3) is 37.4. The summed E-state index contributed by atoms with van der Waals surface area (Å²) in [5.74, 6) is 0. The van der Waals surface area contributed by atoms with Gasteiger partial charge in [0.05, 0.1) is 0 Å². The summed E-state index contributed by atoms with van der Waals surface area (Å²) >= 11 is 0. The first kappa shape index (κ1) is 37.6. The standard InChI is InChI=1S/2C6H8N2.2H2O4S.3H2O/c2*7-5-3-1-2-4-6(5)8;2*1-5(2,3)4;;;/h2*1-4H,7-8H2;2*(H2,1,2,3,4);3*1H2. The molecule has 0 aliphatic rings. The summed E-state index contributed by atoms with van der Waals surface area (Å²) in [5, 5.41) is 0. The second-order valence-corrected chi connectivity index (χ2v) is 5.99. The summed E-state index contributed by atoms with van der Waals surface area (Å²) in [6.07, 6.45) is 0. The van der Waals surface area contributed by atoms with Crippen molar-refractivity contribution in [3.05, 3.63) is 48.5 Å². The molecule has 0 heterocycles. The van der Waals surface area contributed by atoms with Crippen LogP contribution in [-0.4, -0.2) is 51.5 Å². The summed E-state index contributed by atoms with van der Waals surface area (Å²) in [6.45, 7) is 0. The number of hydrogen-bond donors (Lipinski definition) is 4. The molecule has 0 atom stereocenters. The Balaban J connectivity index is -0.0000000876. The van der Waals surface area contributed by atoms with Crippen molar-refractivity contribution in [3.63, 3.8) is 0 Å². The van der Waals surface area contributed by atoms with Crippen LogP contribution in [0, 0.1) is 0 Å². The van der Waals surface area contributed by atoms with E-state index in [-0.39, 0.29) is 16.4 Å². The molecule has 2 aromatic carbocycles. The van der Waals surface area contributed by atoms with Gasteiger partial charge in [-0.15, -0.1) is 0 Å². The van der Waals surface area contributed by atoms with E-state index in [2.05, 4.69) is 22.9 Å². The van der Waals surface area contributed by atoms with Crippen LogP contribution in [0.3, 0.4) is 0 Å². The van der Waals surface area contributed by atoms with Gasteiger partial charge in [-0.1, -0.05) is 24.3 Å². The number of hydrogen-bond acceptors (Lipinski definition) is 8. The molecule has 0 fully saturated rings. The van der Waals surface area contributed by atoms with Crippen molar-refractivity contribution < 1.29 is 74.4 Å². The molecule has 0 aliphatic carbocycles. The highest BCUT2D eigenvalue weighted by molar-refractivity contribution is 7.79. The molecule has 0 unspecified atom stereocenters. The number of rotatable bonds is 0. The van der Waals surface area contributed by atoms with Crippen LogP contribution in [0.1, 0.15) is 0 Å². The molecular weight excluding hydrogens is 440 g/mol. The summed E-state index contributed by atoms with van der Waals surface area (Å²) in [4.78, 5) is 0. The second-order valence-electron chi connectivity index (χ2n) is 4.35. The summed E-state index contributed by atoms with van der Waals surface area (Å²) in [6, 6.07) is 15.6. The fraction of sp³-hybridized carbons (Fsp3) is 0. The molecule has 0 spiro atoms. The molecule has 0 bridgehead atoms. The monoisotopic (exact) mass is 466 g/mol. The molecule has 0 aliphatic heterocycles.